The van der Waals surface area contributed by atoms with E-state index in [1.807, 2.05) is 36.1 Å². The number of halogens is 2. The van der Waals surface area contributed by atoms with E-state index in [4.69, 9.17) is 38.1 Å². The fraction of sp³-hybridized carbons (Fsp3) is 0.364. The Morgan fingerprint density at radius 2 is 2.10 bits per heavy atom. The van der Waals surface area contributed by atoms with Crippen LogP contribution in [0.4, 0.5) is 11.7 Å². The molecule has 9 heteroatoms. The second kappa shape index (κ2) is 7.89. The smallest absolute Gasteiger partial charge is 0.293 e. The van der Waals surface area contributed by atoms with Gasteiger partial charge in [0.25, 0.3) is 11.9 Å². The molecule has 7 nitrogen and oxygen atoms in total. The van der Waals surface area contributed by atoms with E-state index < -0.39 is 6.10 Å². The molecule has 1 aromatic heterocycles. The van der Waals surface area contributed by atoms with Crippen molar-refractivity contribution in [1.29, 1.82) is 0 Å². The minimum Gasteiger partial charge on any atom is -0.421 e. The number of carbonyl (C=O) groups excluding carboxylic acids is 1. The summed E-state index contributed by atoms with van der Waals surface area (Å²) in [7, 11) is 0. The molecule has 0 saturated carbocycles. The van der Waals surface area contributed by atoms with Gasteiger partial charge in [-0.2, -0.15) is 4.98 Å². The fourth-order valence-electron chi connectivity index (χ4n) is 4.61. The molecule has 0 unspecified atom stereocenters. The Balaban J connectivity index is 1.38. The van der Waals surface area contributed by atoms with E-state index in [0.29, 0.717) is 53.8 Å². The number of ether oxygens (including phenoxy) is 1. The van der Waals surface area contributed by atoms with Crippen LogP contribution in [0.1, 0.15) is 24.1 Å². The van der Waals surface area contributed by atoms with E-state index in [2.05, 4.69) is 9.88 Å². The van der Waals surface area contributed by atoms with E-state index in [9.17, 15) is 4.79 Å². The summed E-state index contributed by atoms with van der Waals surface area (Å²) in [5, 5.41) is 1.21. The van der Waals surface area contributed by atoms with Gasteiger partial charge in [-0.15, -0.1) is 0 Å². The second-order valence-corrected chi connectivity index (χ2v) is 8.74. The lowest BCUT2D eigenvalue weighted by atomic mass is 9.93. The van der Waals surface area contributed by atoms with Gasteiger partial charge < -0.3 is 24.7 Å². The first-order valence-electron chi connectivity index (χ1n) is 10.2. The van der Waals surface area contributed by atoms with Crippen LogP contribution in [0.25, 0.3) is 11.1 Å². The normalized spacial score (nSPS) is 21.4. The van der Waals surface area contributed by atoms with Crippen LogP contribution >= 0.6 is 23.2 Å². The molecule has 1 amide bonds. The average Bonchev–Trinajstić information content (AvgIpc) is 3.13. The van der Waals surface area contributed by atoms with Crippen LogP contribution in [0.15, 0.2) is 34.7 Å². The van der Waals surface area contributed by atoms with Gasteiger partial charge in [-0.3, -0.25) is 4.79 Å². The number of aromatic nitrogens is 1. The first-order chi connectivity index (χ1) is 14.9. The number of nitrogens with zero attached hydrogens (tertiary/aromatic N) is 3. The number of anilines is 2. The molecule has 2 aliphatic rings. The van der Waals surface area contributed by atoms with Crippen molar-refractivity contribution in [3.63, 3.8) is 0 Å². The number of hydrogen-bond acceptors (Lipinski definition) is 6. The third kappa shape index (κ3) is 3.60. The van der Waals surface area contributed by atoms with Gasteiger partial charge in [-0.25, -0.2) is 0 Å². The zero-order valence-corrected chi connectivity index (χ0v) is 18.5. The summed E-state index contributed by atoms with van der Waals surface area (Å²) in [6.45, 7) is 4.09. The Hall–Kier alpha value is -2.48. The van der Waals surface area contributed by atoms with Crippen LogP contribution in [0.5, 0.6) is 0 Å². The summed E-state index contributed by atoms with van der Waals surface area (Å²) in [6, 6.07) is 9.34. The molecular formula is C22H22Cl2N4O3. The number of para-hydroxylation sites is 1. The highest BCUT2D eigenvalue weighted by Crippen LogP contribution is 2.38. The monoisotopic (exact) mass is 460 g/mol. The van der Waals surface area contributed by atoms with Crippen molar-refractivity contribution in [2.24, 2.45) is 0 Å². The van der Waals surface area contributed by atoms with Crippen LogP contribution in [-0.4, -0.2) is 48.1 Å². The van der Waals surface area contributed by atoms with Crippen LogP contribution < -0.4 is 10.6 Å². The SMILES string of the molecule is C[C@H]1c2c(Cl)cc(Cl)cc2CCN1C(=O)[C@H]1CN(c2cccc3nc(N)oc23)CCO1. The highest BCUT2D eigenvalue weighted by atomic mass is 35.5. The summed E-state index contributed by atoms with van der Waals surface area (Å²) >= 11 is 12.6. The van der Waals surface area contributed by atoms with E-state index in [1.54, 1.807) is 6.07 Å². The molecule has 1 fully saturated rings. The van der Waals surface area contributed by atoms with Gasteiger partial charge in [0.15, 0.2) is 11.7 Å². The molecule has 31 heavy (non-hydrogen) atoms. The molecule has 0 aliphatic carbocycles. The molecule has 5 rings (SSSR count). The van der Waals surface area contributed by atoms with Gasteiger partial charge >= 0.3 is 0 Å². The molecule has 162 valence electrons. The second-order valence-electron chi connectivity index (χ2n) is 7.90. The predicted octanol–water partition coefficient (Wildman–Crippen LogP) is 4.07. The Kier molecular flexibility index (Phi) is 5.20. The van der Waals surface area contributed by atoms with Crippen molar-refractivity contribution in [1.82, 2.24) is 9.88 Å². The lowest BCUT2D eigenvalue weighted by Gasteiger charge is -2.40. The highest BCUT2D eigenvalue weighted by molar-refractivity contribution is 6.35. The Labute approximate surface area is 189 Å². The summed E-state index contributed by atoms with van der Waals surface area (Å²) in [4.78, 5) is 21.6. The molecule has 0 bridgehead atoms. The lowest BCUT2D eigenvalue weighted by molar-refractivity contribution is -0.147. The molecule has 2 atom stereocenters. The van der Waals surface area contributed by atoms with Crippen molar-refractivity contribution in [2.75, 3.05) is 36.9 Å². The number of nitrogens with two attached hydrogens (primary N) is 1. The summed E-state index contributed by atoms with van der Waals surface area (Å²) in [5.41, 5.74) is 9.96. The van der Waals surface area contributed by atoms with E-state index in [1.165, 1.54) is 0 Å². The molecule has 2 aromatic carbocycles. The van der Waals surface area contributed by atoms with E-state index in [0.717, 1.165) is 16.8 Å². The largest absolute Gasteiger partial charge is 0.421 e. The summed E-state index contributed by atoms with van der Waals surface area (Å²) in [5.74, 6) is -0.0434. The maximum absolute atomic E-state index is 13.4. The highest BCUT2D eigenvalue weighted by Gasteiger charge is 2.36. The first kappa shape index (κ1) is 20.4. The molecule has 0 spiro atoms. The molecule has 1 saturated heterocycles. The third-order valence-electron chi connectivity index (χ3n) is 6.06. The van der Waals surface area contributed by atoms with Gasteiger partial charge in [0.2, 0.25) is 0 Å². The van der Waals surface area contributed by atoms with Crippen molar-refractivity contribution in [2.45, 2.75) is 25.5 Å². The molecular weight excluding hydrogens is 439 g/mol. The summed E-state index contributed by atoms with van der Waals surface area (Å²) < 4.78 is 11.5. The molecule has 2 aliphatic heterocycles. The van der Waals surface area contributed by atoms with Crippen LogP contribution in [0.3, 0.4) is 0 Å². The van der Waals surface area contributed by atoms with E-state index in [-0.39, 0.29) is 18.0 Å². The standard InChI is InChI=1S/C22H22Cl2N4O3/c1-12-19-13(9-14(23)10-15(19)24)5-6-28(12)21(29)18-11-27(7-8-30-18)17-4-2-3-16-20(17)31-22(25)26-16/h2-4,9-10,12,18H,5-8,11H2,1H3,(H2,25,26)/t12-,18+/m0/s1. The molecule has 0 radical (unpaired) electrons. The van der Waals surface area contributed by atoms with Gasteiger partial charge in [0, 0.05) is 23.1 Å². The Bertz CT molecular complexity index is 1170. The maximum atomic E-state index is 13.4. The first-order valence-corrected chi connectivity index (χ1v) is 11.0. The maximum Gasteiger partial charge on any atom is 0.293 e. The number of nitrogen functional groups attached to an aromatic ring is 1. The Morgan fingerprint density at radius 1 is 1.26 bits per heavy atom. The van der Waals surface area contributed by atoms with Gasteiger partial charge in [0.1, 0.15) is 5.52 Å². The van der Waals surface area contributed by atoms with Crippen molar-refractivity contribution in [3.8, 4) is 0 Å². The number of hydrogen-bond donors (Lipinski definition) is 1. The zero-order valence-electron chi connectivity index (χ0n) is 17.0. The van der Waals surface area contributed by atoms with Crippen molar-refractivity contribution in [3.05, 3.63) is 51.5 Å². The number of carbonyl (C=O) groups is 1. The molecule has 3 heterocycles. The van der Waals surface area contributed by atoms with Crippen molar-refractivity contribution >= 4 is 51.9 Å². The molecule has 3 aromatic rings. The van der Waals surface area contributed by atoms with Crippen LogP contribution in [0, 0.1) is 0 Å². The number of amides is 1. The minimum atomic E-state index is -0.584. The number of morpholine rings is 1. The zero-order chi connectivity index (χ0) is 21.7. The van der Waals surface area contributed by atoms with E-state index >= 15 is 0 Å². The third-order valence-corrected chi connectivity index (χ3v) is 6.59. The number of oxazole rings is 1. The van der Waals surface area contributed by atoms with Crippen LogP contribution in [0.2, 0.25) is 10.0 Å². The van der Waals surface area contributed by atoms with Crippen molar-refractivity contribution < 1.29 is 13.9 Å². The number of rotatable bonds is 2. The lowest BCUT2D eigenvalue weighted by Crippen LogP contribution is -2.52. The number of fused-ring (bicyclic) bond motifs is 2. The minimum absolute atomic E-state index is 0.0434. The average molecular weight is 461 g/mol. The predicted molar refractivity (Wildman–Crippen MR) is 121 cm³/mol. The van der Waals surface area contributed by atoms with Gasteiger partial charge in [-0.1, -0.05) is 29.3 Å². The summed E-state index contributed by atoms with van der Waals surface area (Å²) in [6.07, 6.45) is 0.123. The van der Waals surface area contributed by atoms with Gasteiger partial charge in [0.05, 0.1) is 24.9 Å². The quantitative estimate of drug-likeness (QED) is 0.620. The topological polar surface area (TPSA) is 84.8 Å². The molecule has 2 N–H and O–H groups in total. The van der Waals surface area contributed by atoms with Crippen LogP contribution in [-0.2, 0) is 16.0 Å². The Morgan fingerprint density at radius 3 is 2.94 bits per heavy atom. The van der Waals surface area contributed by atoms with Gasteiger partial charge in [-0.05, 0) is 48.7 Å². The number of benzene rings is 2. The fourth-order valence-corrected chi connectivity index (χ4v) is 5.30.